The SMILES string of the molecule is O=C1[C@H](CC[C@H](O)c2ccc(F)cc2)[C@@H](c2ccc(-c3cccc([N+](=O)O)c3)cc2)N1c1ccc(F)cc1. The molecule has 1 aliphatic rings. The van der Waals surface area contributed by atoms with Crippen molar-refractivity contribution in [1.29, 1.82) is 0 Å². The van der Waals surface area contributed by atoms with E-state index in [1.165, 1.54) is 42.5 Å². The molecule has 4 aromatic rings. The topological polar surface area (TPSA) is 80.8 Å². The number of benzene rings is 4. The first-order valence-corrected chi connectivity index (χ1v) is 12.2. The number of halogens is 2. The van der Waals surface area contributed by atoms with E-state index in [9.17, 15) is 28.8 Å². The molecule has 0 bridgehead atoms. The third kappa shape index (κ3) is 5.03. The summed E-state index contributed by atoms with van der Waals surface area (Å²) in [6, 6.07) is 25.1. The number of anilines is 1. The van der Waals surface area contributed by atoms with E-state index in [1.807, 2.05) is 30.3 Å². The van der Waals surface area contributed by atoms with Gasteiger partial charge < -0.3 is 10.0 Å². The summed E-state index contributed by atoms with van der Waals surface area (Å²) in [5.41, 5.74) is 3.69. The molecule has 3 atom stereocenters. The summed E-state index contributed by atoms with van der Waals surface area (Å²) in [6.45, 7) is 0. The smallest absolute Gasteiger partial charge is 0.317 e. The van der Waals surface area contributed by atoms with E-state index in [1.54, 1.807) is 29.2 Å². The van der Waals surface area contributed by atoms with Gasteiger partial charge in [0, 0.05) is 17.8 Å². The standard InChI is InChI=1S/C30H25F2N2O4/c31-23-10-8-20(9-11-23)28(35)17-16-27-29(33(30(27)36)25-14-12-24(32)13-15-25)21-6-4-19(5-7-21)22-2-1-3-26(18-22)34(37)38/h1-15,18,27-29,35H,16-17H2,(H,37,38)/q+1/t27-,28+,29-/m1/s1. The van der Waals surface area contributed by atoms with E-state index in [4.69, 9.17) is 0 Å². The Bertz CT molecular complexity index is 1460. The summed E-state index contributed by atoms with van der Waals surface area (Å²) in [5.74, 6) is -1.32. The normalized spacial score (nSPS) is 17.7. The summed E-state index contributed by atoms with van der Waals surface area (Å²) < 4.78 is 26.8. The molecule has 0 aliphatic carbocycles. The van der Waals surface area contributed by atoms with Crippen LogP contribution in [0.3, 0.4) is 0 Å². The van der Waals surface area contributed by atoms with Crippen LogP contribution in [-0.4, -0.2) is 21.1 Å². The van der Waals surface area contributed by atoms with Crippen molar-refractivity contribution < 1.29 is 28.8 Å². The number of aliphatic hydroxyl groups is 1. The summed E-state index contributed by atoms with van der Waals surface area (Å²) >= 11 is 0. The molecule has 0 radical (unpaired) electrons. The molecule has 5 rings (SSSR count). The van der Waals surface area contributed by atoms with Gasteiger partial charge in [-0.3, -0.25) is 4.79 Å². The van der Waals surface area contributed by atoms with Gasteiger partial charge in [-0.2, -0.15) is 0 Å². The second-order valence-corrected chi connectivity index (χ2v) is 9.33. The van der Waals surface area contributed by atoms with Crippen molar-refractivity contribution in [3.8, 4) is 11.1 Å². The van der Waals surface area contributed by atoms with Gasteiger partial charge in [0.05, 0.1) is 23.0 Å². The van der Waals surface area contributed by atoms with E-state index in [0.717, 1.165) is 16.7 Å². The minimum atomic E-state index is -0.842. The van der Waals surface area contributed by atoms with E-state index in [-0.39, 0.29) is 28.4 Å². The van der Waals surface area contributed by atoms with E-state index >= 15 is 0 Å². The zero-order valence-electron chi connectivity index (χ0n) is 20.2. The first-order chi connectivity index (χ1) is 18.3. The molecule has 6 nitrogen and oxygen atoms in total. The van der Waals surface area contributed by atoms with E-state index in [2.05, 4.69) is 0 Å². The number of carbonyl (C=O) groups excluding carboxylic acids is 1. The zero-order valence-corrected chi connectivity index (χ0v) is 20.2. The predicted octanol–water partition coefficient (Wildman–Crippen LogP) is 6.65. The summed E-state index contributed by atoms with van der Waals surface area (Å²) in [4.78, 5) is 26.0. The quantitative estimate of drug-likeness (QED) is 0.203. The molecule has 0 unspecified atom stereocenters. The number of hydrogen-bond donors (Lipinski definition) is 2. The van der Waals surface area contributed by atoms with Crippen molar-refractivity contribution in [3.05, 3.63) is 125 Å². The first-order valence-electron chi connectivity index (χ1n) is 12.2. The highest BCUT2D eigenvalue weighted by Gasteiger charge is 2.48. The Balaban J connectivity index is 1.40. The number of hydrogen-bond acceptors (Lipinski definition) is 3. The molecule has 1 aliphatic heterocycles. The lowest BCUT2D eigenvalue weighted by Crippen LogP contribution is -2.55. The van der Waals surface area contributed by atoms with Gasteiger partial charge in [-0.25, -0.2) is 14.0 Å². The van der Waals surface area contributed by atoms with Gasteiger partial charge in [-0.05, 0) is 71.5 Å². The van der Waals surface area contributed by atoms with Crippen molar-refractivity contribution >= 4 is 17.3 Å². The maximum absolute atomic E-state index is 13.6. The van der Waals surface area contributed by atoms with Crippen molar-refractivity contribution in [1.82, 2.24) is 0 Å². The molecule has 2 N–H and O–H groups in total. The molecule has 1 fully saturated rings. The second kappa shape index (κ2) is 10.5. The lowest BCUT2D eigenvalue weighted by Gasteiger charge is -2.48. The Kier molecular flexibility index (Phi) is 6.98. The number of β-lactam (4-membered cyclic amide) rings is 1. The van der Waals surface area contributed by atoms with Gasteiger partial charge in [-0.15, -0.1) is 0 Å². The van der Waals surface area contributed by atoms with Crippen molar-refractivity contribution in [2.24, 2.45) is 5.92 Å². The predicted molar refractivity (Wildman–Crippen MR) is 138 cm³/mol. The largest absolute Gasteiger partial charge is 0.388 e. The van der Waals surface area contributed by atoms with Gasteiger partial charge in [0.2, 0.25) is 5.91 Å². The molecule has 8 heteroatoms. The first kappa shape index (κ1) is 25.2. The fourth-order valence-corrected chi connectivity index (χ4v) is 4.97. The number of aliphatic hydroxyl groups excluding tert-OH is 1. The van der Waals surface area contributed by atoms with Gasteiger partial charge in [0.1, 0.15) is 11.6 Å². The molecule has 38 heavy (non-hydrogen) atoms. The number of rotatable bonds is 8. The van der Waals surface area contributed by atoms with Crippen LogP contribution in [0.2, 0.25) is 0 Å². The number of carbonyl (C=O) groups is 1. The van der Waals surface area contributed by atoms with Crippen molar-refractivity contribution in [2.75, 3.05) is 4.90 Å². The van der Waals surface area contributed by atoms with E-state index in [0.29, 0.717) is 24.1 Å². The molecule has 0 aromatic heterocycles. The fraction of sp³-hybridized carbons (Fsp3) is 0.167. The van der Waals surface area contributed by atoms with Gasteiger partial charge in [0.15, 0.2) is 0 Å². The molecule has 192 valence electrons. The fourth-order valence-electron chi connectivity index (χ4n) is 4.97. The van der Waals surface area contributed by atoms with Crippen LogP contribution >= 0.6 is 0 Å². The zero-order chi connectivity index (χ0) is 26.8. The third-order valence-electron chi connectivity index (χ3n) is 6.98. The number of nitrogens with zero attached hydrogens (tertiary/aromatic N) is 2. The van der Waals surface area contributed by atoms with E-state index < -0.39 is 17.8 Å². The minimum Gasteiger partial charge on any atom is -0.388 e. The average Bonchev–Trinajstić information content (AvgIpc) is 2.93. The van der Waals surface area contributed by atoms with Gasteiger partial charge >= 0.3 is 5.69 Å². The Morgan fingerprint density at radius 1 is 0.842 bits per heavy atom. The van der Waals surface area contributed by atoms with Crippen LogP contribution in [0.15, 0.2) is 97.1 Å². The summed E-state index contributed by atoms with van der Waals surface area (Å²) in [6.07, 6.45) is -0.127. The monoisotopic (exact) mass is 515 g/mol. The summed E-state index contributed by atoms with van der Waals surface area (Å²) in [5, 5.41) is 19.8. The summed E-state index contributed by atoms with van der Waals surface area (Å²) in [7, 11) is 0. The van der Waals surface area contributed by atoms with Gasteiger partial charge in [0.25, 0.3) is 4.92 Å². The lowest BCUT2D eigenvalue weighted by atomic mass is 9.78. The highest BCUT2D eigenvalue weighted by molar-refractivity contribution is 6.03. The molecule has 0 saturated carbocycles. The Labute approximate surface area is 217 Å². The van der Waals surface area contributed by atoms with Crippen molar-refractivity contribution in [2.45, 2.75) is 25.0 Å². The molecule has 0 spiro atoms. The molecular weight excluding hydrogens is 490 g/mol. The average molecular weight is 516 g/mol. The highest BCUT2D eigenvalue weighted by atomic mass is 19.1. The van der Waals surface area contributed by atoms with Crippen LogP contribution in [-0.2, 0) is 4.79 Å². The highest BCUT2D eigenvalue weighted by Crippen LogP contribution is 2.46. The molecule has 1 saturated heterocycles. The Morgan fingerprint density at radius 3 is 2.11 bits per heavy atom. The maximum Gasteiger partial charge on any atom is 0.317 e. The van der Waals surface area contributed by atoms with Crippen LogP contribution in [0, 0.1) is 22.5 Å². The van der Waals surface area contributed by atoms with Crippen LogP contribution in [0.1, 0.15) is 36.1 Å². The molecular formula is C30H25F2N2O4+. The Morgan fingerprint density at radius 2 is 1.47 bits per heavy atom. The molecule has 4 aromatic carbocycles. The minimum absolute atomic E-state index is 0.110. The van der Waals surface area contributed by atoms with Crippen LogP contribution in [0.4, 0.5) is 20.2 Å². The lowest BCUT2D eigenvalue weighted by molar-refractivity contribution is -0.729. The number of amides is 1. The third-order valence-corrected chi connectivity index (χ3v) is 6.98. The van der Waals surface area contributed by atoms with Crippen LogP contribution in [0.25, 0.3) is 11.1 Å². The molecule has 1 heterocycles. The Hall–Kier alpha value is -4.43. The maximum atomic E-state index is 13.6. The second-order valence-electron chi connectivity index (χ2n) is 9.33. The molecule has 1 amide bonds. The van der Waals surface area contributed by atoms with Crippen molar-refractivity contribution in [3.63, 3.8) is 0 Å². The van der Waals surface area contributed by atoms with Crippen LogP contribution < -0.4 is 4.90 Å². The van der Waals surface area contributed by atoms with Crippen LogP contribution in [0.5, 0.6) is 0 Å². The van der Waals surface area contributed by atoms with Gasteiger partial charge in [-0.1, -0.05) is 48.5 Å².